The monoisotopic (exact) mass is 386 g/mol. The number of hydrogen-bond donors (Lipinski definition) is 0. The first-order valence-electron chi connectivity index (χ1n) is 8.24. The van der Waals surface area contributed by atoms with Crippen LogP contribution in [0.15, 0.2) is 60.7 Å². The third-order valence-corrected chi connectivity index (χ3v) is 7.86. The molecule has 2 aromatic rings. The summed E-state index contributed by atoms with van der Waals surface area (Å²) in [5, 5.41) is 0. The van der Waals surface area contributed by atoms with E-state index < -0.39 is 0 Å². The molecule has 0 aliphatic rings. The van der Waals surface area contributed by atoms with Gasteiger partial charge in [0.2, 0.25) is 0 Å². The Balaban J connectivity index is 1.40. The van der Waals surface area contributed by atoms with Gasteiger partial charge in [-0.2, -0.15) is 0 Å². The number of hydrogen-bond acceptors (Lipinski definition) is 0. The molecule has 0 aromatic heterocycles. The van der Waals surface area contributed by atoms with E-state index in [1.165, 1.54) is 49.7 Å². The summed E-state index contributed by atoms with van der Waals surface area (Å²) in [7, 11) is 0. The van der Waals surface area contributed by atoms with Crippen LogP contribution in [0.5, 0.6) is 0 Å². The predicted octanol–water partition coefficient (Wildman–Crippen LogP) is 5.57. The molecular weight excluding hydrogens is 359 g/mol. The first-order valence-corrected chi connectivity index (χ1v) is 12.3. The Morgan fingerprint density at radius 2 is 0.952 bits per heavy atom. The van der Waals surface area contributed by atoms with Crippen LogP contribution in [0.25, 0.3) is 0 Å². The summed E-state index contributed by atoms with van der Waals surface area (Å²) in [6.45, 7) is 0. The van der Waals surface area contributed by atoms with E-state index in [2.05, 4.69) is 60.7 Å². The third-order valence-electron chi connectivity index (χ3n) is 3.82. The molecule has 110 valence electrons. The fourth-order valence-corrected chi connectivity index (χ4v) is 6.14. The van der Waals surface area contributed by atoms with E-state index in [9.17, 15) is 0 Å². The molecule has 0 amide bonds. The van der Waals surface area contributed by atoms with E-state index in [-0.39, 0.29) is 21.1 Å². The van der Waals surface area contributed by atoms with Crippen molar-refractivity contribution >= 4 is 21.1 Å². The molecular formula is C20H26Sn. The summed E-state index contributed by atoms with van der Waals surface area (Å²) < 4.78 is 3.14. The molecule has 0 aliphatic heterocycles. The number of benzene rings is 2. The second-order valence-corrected chi connectivity index (χ2v) is 9.92. The van der Waals surface area contributed by atoms with Gasteiger partial charge in [-0.15, -0.1) is 0 Å². The fraction of sp³-hybridized carbons (Fsp3) is 0.400. The molecule has 0 bridgehead atoms. The van der Waals surface area contributed by atoms with Gasteiger partial charge < -0.3 is 0 Å². The van der Waals surface area contributed by atoms with Crippen molar-refractivity contribution in [2.24, 2.45) is 0 Å². The number of aryl methyl sites for hydroxylation is 2. The average Bonchev–Trinajstić information content (AvgIpc) is 2.55. The number of rotatable bonds is 10. The quantitative estimate of drug-likeness (QED) is 0.371. The van der Waals surface area contributed by atoms with Gasteiger partial charge in [0.05, 0.1) is 0 Å². The minimum absolute atomic E-state index is 0.0568. The summed E-state index contributed by atoms with van der Waals surface area (Å²) in [4.78, 5) is 0. The maximum absolute atomic E-state index is 2.25. The molecule has 0 aliphatic carbocycles. The summed E-state index contributed by atoms with van der Waals surface area (Å²) in [5.41, 5.74) is 3.01. The summed E-state index contributed by atoms with van der Waals surface area (Å²) in [5.74, 6) is 0. The molecule has 0 atom stereocenters. The first-order chi connectivity index (χ1) is 10.4. The molecule has 2 rings (SSSR count). The molecule has 0 nitrogen and oxygen atoms in total. The maximum atomic E-state index is 2.25. The Hall–Kier alpha value is -0.761. The Kier molecular flexibility index (Phi) is 8.61. The van der Waals surface area contributed by atoms with Gasteiger partial charge in [0, 0.05) is 0 Å². The zero-order valence-corrected chi connectivity index (χ0v) is 15.8. The SMILES string of the molecule is c1ccc(CCC[CH2][Sn][CH2]CCCc2ccccc2)cc1. The van der Waals surface area contributed by atoms with Crippen LogP contribution < -0.4 is 0 Å². The summed E-state index contributed by atoms with van der Waals surface area (Å²) >= 11 is -0.0568. The van der Waals surface area contributed by atoms with E-state index in [4.69, 9.17) is 0 Å². The standard InChI is InChI=1S/2C10H13.Sn/c2*1-2-3-7-10-8-5-4-6-9-10;/h2*4-6,8-9H,1-3,7H2;. The molecule has 0 saturated heterocycles. The van der Waals surface area contributed by atoms with Gasteiger partial charge in [-0.25, -0.2) is 0 Å². The van der Waals surface area contributed by atoms with Crippen LogP contribution >= 0.6 is 0 Å². The van der Waals surface area contributed by atoms with Crippen molar-refractivity contribution in [3.63, 3.8) is 0 Å². The Morgan fingerprint density at radius 3 is 1.38 bits per heavy atom. The van der Waals surface area contributed by atoms with Crippen molar-refractivity contribution in [2.45, 2.75) is 47.4 Å². The molecule has 0 spiro atoms. The van der Waals surface area contributed by atoms with Crippen molar-refractivity contribution in [3.8, 4) is 0 Å². The Morgan fingerprint density at radius 1 is 0.524 bits per heavy atom. The van der Waals surface area contributed by atoms with Crippen LogP contribution in [-0.2, 0) is 12.8 Å². The molecule has 2 radical (unpaired) electrons. The van der Waals surface area contributed by atoms with Crippen LogP contribution in [0.2, 0.25) is 8.87 Å². The first kappa shape index (κ1) is 16.6. The van der Waals surface area contributed by atoms with Crippen molar-refractivity contribution in [1.29, 1.82) is 0 Å². The van der Waals surface area contributed by atoms with Crippen molar-refractivity contribution in [1.82, 2.24) is 0 Å². The molecule has 0 unspecified atom stereocenters. The van der Waals surface area contributed by atoms with Crippen LogP contribution in [0.4, 0.5) is 0 Å². The number of unbranched alkanes of at least 4 members (excludes halogenated alkanes) is 2. The Bertz CT molecular complexity index is 418. The zero-order chi connectivity index (χ0) is 14.6. The zero-order valence-electron chi connectivity index (χ0n) is 12.9. The van der Waals surface area contributed by atoms with Crippen LogP contribution in [-0.4, -0.2) is 21.1 Å². The van der Waals surface area contributed by atoms with E-state index in [1.54, 1.807) is 8.87 Å². The van der Waals surface area contributed by atoms with E-state index in [1.807, 2.05) is 0 Å². The average molecular weight is 385 g/mol. The normalized spacial score (nSPS) is 10.7. The topological polar surface area (TPSA) is 0 Å². The van der Waals surface area contributed by atoms with Gasteiger partial charge >= 0.3 is 140 Å². The molecule has 2 aromatic carbocycles. The molecule has 0 heterocycles. The van der Waals surface area contributed by atoms with Gasteiger partial charge in [0.15, 0.2) is 0 Å². The van der Waals surface area contributed by atoms with E-state index in [0.717, 1.165) is 0 Å². The van der Waals surface area contributed by atoms with Gasteiger partial charge in [-0.1, -0.05) is 0 Å². The molecule has 1 heteroatoms. The summed E-state index contributed by atoms with van der Waals surface area (Å²) in [6.07, 6.45) is 8.23. The third kappa shape index (κ3) is 7.71. The molecule has 21 heavy (non-hydrogen) atoms. The summed E-state index contributed by atoms with van der Waals surface area (Å²) in [6, 6.07) is 21.8. The molecule has 0 fully saturated rings. The van der Waals surface area contributed by atoms with Gasteiger partial charge in [0.1, 0.15) is 0 Å². The molecule has 0 saturated carbocycles. The minimum atomic E-state index is -0.0568. The fourth-order valence-electron chi connectivity index (χ4n) is 2.57. The van der Waals surface area contributed by atoms with Gasteiger partial charge in [-0.3, -0.25) is 0 Å². The van der Waals surface area contributed by atoms with Gasteiger partial charge in [-0.05, 0) is 0 Å². The second kappa shape index (κ2) is 10.9. The van der Waals surface area contributed by atoms with E-state index in [0.29, 0.717) is 0 Å². The predicted molar refractivity (Wildman–Crippen MR) is 94.1 cm³/mol. The second-order valence-electron chi connectivity index (χ2n) is 5.64. The van der Waals surface area contributed by atoms with Gasteiger partial charge in [0.25, 0.3) is 0 Å². The van der Waals surface area contributed by atoms with Crippen molar-refractivity contribution in [3.05, 3.63) is 71.8 Å². The Labute approximate surface area is 140 Å². The van der Waals surface area contributed by atoms with Crippen molar-refractivity contribution in [2.75, 3.05) is 0 Å². The molecule has 0 N–H and O–H groups in total. The van der Waals surface area contributed by atoms with Crippen molar-refractivity contribution < 1.29 is 0 Å². The van der Waals surface area contributed by atoms with Crippen LogP contribution in [0, 0.1) is 0 Å². The van der Waals surface area contributed by atoms with E-state index >= 15 is 0 Å². The van der Waals surface area contributed by atoms with Crippen LogP contribution in [0.3, 0.4) is 0 Å². The van der Waals surface area contributed by atoms with Crippen LogP contribution in [0.1, 0.15) is 36.8 Å².